The van der Waals surface area contributed by atoms with Gasteiger partial charge in [0.2, 0.25) is 0 Å². The monoisotopic (exact) mass is 203 g/mol. The van der Waals surface area contributed by atoms with E-state index in [4.69, 9.17) is 17.3 Å². The molecule has 1 aliphatic heterocycles. The minimum absolute atomic E-state index is 0.0929. The fraction of sp³-hybridized carbons (Fsp3) is 0.625. The van der Waals surface area contributed by atoms with Gasteiger partial charge in [0.15, 0.2) is 0 Å². The standard InChI is InChI=1S/C8H13NOS2/c10-6-3-7-12-8(11)9-4-1-2-5-9/h3,7,10H,1-2,4-6H2/b7-3-. The highest BCUT2D eigenvalue weighted by Crippen LogP contribution is 2.16. The van der Waals surface area contributed by atoms with E-state index in [0.717, 1.165) is 17.4 Å². The molecule has 0 saturated carbocycles. The Morgan fingerprint density at radius 1 is 1.50 bits per heavy atom. The van der Waals surface area contributed by atoms with E-state index < -0.39 is 0 Å². The average Bonchev–Trinajstić information content (AvgIpc) is 2.56. The van der Waals surface area contributed by atoms with Crippen LogP contribution in [0.3, 0.4) is 0 Å². The van der Waals surface area contributed by atoms with Gasteiger partial charge >= 0.3 is 0 Å². The van der Waals surface area contributed by atoms with E-state index in [1.165, 1.54) is 24.6 Å². The van der Waals surface area contributed by atoms with Gasteiger partial charge < -0.3 is 10.0 Å². The largest absolute Gasteiger partial charge is 0.392 e. The number of likely N-dealkylation sites (tertiary alicyclic amines) is 1. The summed E-state index contributed by atoms with van der Waals surface area (Å²) < 4.78 is 0.928. The molecule has 0 aliphatic carbocycles. The zero-order valence-electron chi connectivity index (χ0n) is 6.90. The molecular formula is C8H13NOS2. The Hall–Kier alpha value is -0.0600. The van der Waals surface area contributed by atoms with Gasteiger partial charge in [-0.3, -0.25) is 0 Å². The number of aliphatic hydroxyl groups is 1. The van der Waals surface area contributed by atoms with Crippen molar-refractivity contribution in [3.63, 3.8) is 0 Å². The second kappa shape index (κ2) is 5.56. The van der Waals surface area contributed by atoms with Crippen LogP contribution >= 0.6 is 24.0 Å². The smallest absolute Gasteiger partial charge is 0.140 e. The molecule has 0 amide bonds. The topological polar surface area (TPSA) is 23.5 Å². The van der Waals surface area contributed by atoms with Crippen molar-refractivity contribution in [3.8, 4) is 0 Å². The first kappa shape index (κ1) is 10.0. The minimum atomic E-state index is 0.0929. The van der Waals surface area contributed by atoms with Gasteiger partial charge in [0.25, 0.3) is 0 Å². The van der Waals surface area contributed by atoms with Crippen LogP contribution in [-0.4, -0.2) is 34.0 Å². The summed E-state index contributed by atoms with van der Waals surface area (Å²) in [7, 11) is 0. The molecule has 1 fully saturated rings. The van der Waals surface area contributed by atoms with E-state index >= 15 is 0 Å². The van der Waals surface area contributed by atoms with E-state index in [2.05, 4.69) is 4.90 Å². The molecule has 0 atom stereocenters. The Morgan fingerprint density at radius 3 is 2.75 bits per heavy atom. The van der Waals surface area contributed by atoms with Crippen molar-refractivity contribution in [2.45, 2.75) is 12.8 Å². The van der Waals surface area contributed by atoms with Gasteiger partial charge in [-0.2, -0.15) is 0 Å². The molecule has 0 unspecified atom stereocenters. The molecule has 1 saturated heterocycles. The lowest BCUT2D eigenvalue weighted by Gasteiger charge is -2.15. The van der Waals surface area contributed by atoms with Gasteiger partial charge in [-0.05, 0) is 18.2 Å². The average molecular weight is 203 g/mol. The molecule has 4 heteroatoms. The molecule has 1 heterocycles. The molecule has 12 heavy (non-hydrogen) atoms. The van der Waals surface area contributed by atoms with Crippen LogP contribution in [0.2, 0.25) is 0 Å². The Balaban J connectivity index is 2.22. The summed E-state index contributed by atoms with van der Waals surface area (Å²) in [5.41, 5.74) is 0. The van der Waals surface area contributed by atoms with Crippen LogP contribution in [0.25, 0.3) is 0 Å². The Morgan fingerprint density at radius 2 is 2.17 bits per heavy atom. The van der Waals surface area contributed by atoms with Crippen LogP contribution < -0.4 is 0 Å². The van der Waals surface area contributed by atoms with Gasteiger partial charge in [0.1, 0.15) is 4.32 Å². The second-order valence-corrected chi connectivity index (χ2v) is 4.17. The summed E-state index contributed by atoms with van der Waals surface area (Å²) in [5, 5.41) is 10.3. The van der Waals surface area contributed by atoms with Crippen molar-refractivity contribution in [2.24, 2.45) is 0 Å². The molecule has 1 aliphatic rings. The lowest BCUT2D eigenvalue weighted by atomic mass is 10.4. The molecule has 0 radical (unpaired) electrons. The van der Waals surface area contributed by atoms with Crippen molar-refractivity contribution < 1.29 is 5.11 Å². The van der Waals surface area contributed by atoms with E-state index in [1.54, 1.807) is 6.08 Å². The zero-order valence-corrected chi connectivity index (χ0v) is 8.53. The number of thioether (sulfide) groups is 1. The van der Waals surface area contributed by atoms with Gasteiger partial charge in [0.05, 0.1) is 6.61 Å². The van der Waals surface area contributed by atoms with Crippen molar-refractivity contribution >= 4 is 28.3 Å². The maximum absolute atomic E-state index is 8.49. The fourth-order valence-corrected chi connectivity index (χ4v) is 2.10. The maximum atomic E-state index is 8.49. The number of thiocarbonyl (C=S) groups is 1. The normalized spacial score (nSPS) is 17.6. The van der Waals surface area contributed by atoms with Crippen LogP contribution in [0.15, 0.2) is 11.5 Å². The fourth-order valence-electron chi connectivity index (χ4n) is 1.12. The molecule has 0 aromatic carbocycles. The van der Waals surface area contributed by atoms with E-state index in [-0.39, 0.29) is 6.61 Å². The highest BCUT2D eigenvalue weighted by atomic mass is 32.2. The number of hydrogen-bond acceptors (Lipinski definition) is 3. The summed E-state index contributed by atoms with van der Waals surface area (Å²) in [6, 6.07) is 0. The SMILES string of the molecule is OC/C=C\SC(=S)N1CCCC1. The second-order valence-electron chi connectivity index (χ2n) is 2.63. The highest BCUT2D eigenvalue weighted by molar-refractivity contribution is 8.24. The number of hydrogen-bond donors (Lipinski definition) is 1. The summed E-state index contributed by atoms with van der Waals surface area (Å²) in [6.07, 6.45) is 4.21. The Bertz CT molecular complexity index is 176. The van der Waals surface area contributed by atoms with Gasteiger partial charge in [-0.15, -0.1) is 0 Å². The molecule has 2 nitrogen and oxygen atoms in total. The van der Waals surface area contributed by atoms with Crippen LogP contribution in [0.1, 0.15) is 12.8 Å². The minimum Gasteiger partial charge on any atom is -0.392 e. The molecule has 0 spiro atoms. The van der Waals surface area contributed by atoms with Crippen LogP contribution in [0.4, 0.5) is 0 Å². The van der Waals surface area contributed by atoms with Crippen molar-refractivity contribution in [3.05, 3.63) is 11.5 Å². The predicted octanol–water partition coefficient (Wildman–Crippen LogP) is 1.61. The Labute approximate surface area is 82.6 Å². The molecule has 0 aromatic heterocycles. The van der Waals surface area contributed by atoms with Crippen molar-refractivity contribution in [2.75, 3.05) is 19.7 Å². The molecular weight excluding hydrogens is 190 g/mol. The molecule has 1 rings (SSSR count). The first-order valence-corrected chi connectivity index (χ1v) is 5.35. The zero-order chi connectivity index (χ0) is 8.81. The summed E-state index contributed by atoms with van der Waals surface area (Å²) in [6.45, 7) is 2.28. The first-order chi connectivity index (χ1) is 5.84. The number of aliphatic hydroxyl groups excluding tert-OH is 1. The predicted molar refractivity (Wildman–Crippen MR) is 57.2 cm³/mol. The summed E-state index contributed by atoms with van der Waals surface area (Å²) in [4.78, 5) is 2.21. The van der Waals surface area contributed by atoms with Crippen molar-refractivity contribution in [1.82, 2.24) is 4.90 Å². The van der Waals surface area contributed by atoms with Gasteiger partial charge in [-0.1, -0.05) is 30.1 Å². The van der Waals surface area contributed by atoms with Gasteiger partial charge in [-0.25, -0.2) is 0 Å². The van der Waals surface area contributed by atoms with E-state index in [0.29, 0.717) is 0 Å². The van der Waals surface area contributed by atoms with Crippen LogP contribution in [0, 0.1) is 0 Å². The number of rotatable bonds is 2. The number of nitrogens with zero attached hydrogens (tertiary/aromatic N) is 1. The summed E-state index contributed by atoms with van der Waals surface area (Å²) >= 11 is 6.70. The summed E-state index contributed by atoms with van der Waals surface area (Å²) in [5.74, 6) is 0. The molecule has 0 aromatic rings. The first-order valence-electron chi connectivity index (χ1n) is 4.06. The van der Waals surface area contributed by atoms with Crippen molar-refractivity contribution in [1.29, 1.82) is 0 Å². The van der Waals surface area contributed by atoms with Crippen LogP contribution in [0.5, 0.6) is 0 Å². The Kier molecular flexibility index (Phi) is 4.65. The lowest BCUT2D eigenvalue weighted by molar-refractivity contribution is 0.343. The molecule has 0 bridgehead atoms. The van der Waals surface area contributed by atoms with Crippen LogP contribution in [-0.2, 0) is 0 Å². The highest BCUT2D eigenvalue weighted by Gasteiger charge is 2.13. The molecule has 68 valence electrons. The van der Waals surface area contributed by atoms with Gasteiger partial charge in [0, 0.05) is 13.1 Å². The third-order valence-corrected chi connectivity index (χ3v) is 3.07. The lowest BCUT2D eigenvalue weighted by Crippen LogP contribution is -2.22. The third kappa shape index (κ3) is 3.13. The maximum Gasteiger partial charge on any atom is 0.140 e. The molecule has 1 N–H and O–H groups in total. The van der Waals surface area contributed by atoms with E-state index in [1.807, 2.05) is 5.41 Å². The quantitative estimate of drug-likeness (QED) is 0.689. The van der Waals surface area contributed by atoms with E-state index in [9.17, 15) is 0 Å². The third-order valence-electron chi connectivity index (χ3n) is 1.73.